The van der Waals surface area contributed by atoms with Gasteiger partial charge in [-0.1, -0.05) is 37.3 Å². The minimum absolute atomic E-state index is 0. The third kappa shape index (κ3) is 2.45. The normalized spacial score (nSPS) is 14.1. The Hall–Kier alpha value is -0.287. The van der Waals surface area contributed by atoms with Gasteiger partial charge in [0.25, 0.3) is 0 Å². The van der Waals surface area contributed by atoms with Gasteiger partial charge in [0.2, 0.25) is 0 Å². The molecule has 17 heavy (non-hydrogen) atoms. The van der Waals surface area contributed by atoms with Crippen molar-refractivity contribution >= 4 is 10.8 Å². The summed E-state index contributed by atoms with van der Waals surface area (Å²) in [5, 5.41) is 2.96. The third-order valence-electron chi connectivity index (χ3n) is 3.70. The zero-order chi connectivity index (χ0) is 11.1. The Kier molecular flexibility index (Phi) is 3.98. The molecule has 0 radical (unpaired) electrons. The van der Waals surface area contributed by atoms with E-state index in [9.17, 15) is 0 Å². The number of rotatable bonds is 2. The predicted octanol–water partition coefficient (Wildman–Crippen LogP) is 4.24. The van der Waals surface area contributed by atoms with Crippen molar-refractivity contribution in [2.24, 2.45) is 5.92 Å². The summed E-state index contributed by atoms with van der Waals surface area (Å²) in [6, 6.07) is 9.49. The Morgan fingerprint density at radius 2 is 1.88 bits per heavy atom. The summed E-state index contributed by atoms with van der Waals surface area (Å²) in [5.74, 6) is 0.749. The van der Waals surface area contributed by atoms with Crippen LogP contribution < -0.4 is 0 Å². The summed E-state index contributed by atoms with van der Waals surface area (Å²) in [6.45, 7) is 4.60. The fourth-order valence-electron chi connectivity index (χ4n) is 2.96. The van der Waals surface area contributed by atoms with Crippen molar-refractivity contribution in [1.82, 2.24) is 0 Å². The van der Waals surface area contributed by atoms with Crippen LogP contribution in [0.2, 0.25) is 0 Å². The smallest absolute Gasteiger partial charge is 0 e. The second kappa shape index (κ2) is 5.14. The van der Waals surface area contributed by atoms with E-state index in [1.165, 1.54) is 36.5 Å². The minimum Gasteiger partial charge on any atom is -0.168 e. The van der Waals surface area contributed by atoms with Gasteiger partial charge in [-0.25, -0.2) is 0 Å². The third-order valence-corrected chi connectivity index (χ3v) is 3.70. The SMILES string of the molecule is CC(C)C[c-]1ccc2cc3c(cc21)CCC3.[Zr]. The average Bonchev–Trinajstić information content (AvgIpc) is 2.81. The summed E-state index contributed by atoms with van der Waals surface area (Å²) >= 11 is 0. The van der Waals surface area contributed by atoms with Crippen LogP contribution in [0.4, 0.5) is 0 Å². The molecule has 0 atom stereocenters. The van der Waals surface area contributed by atoms with E-state index in [-0.39, 0.29) is 26.2 Å². The van der Waals surface area contributed by atoms with Crippen molar-refractivity contribution in [1.29, 1.82) is 0 Å². The molecule has 0 spiro atoms. The molecule has 0 bridgehead atoms. The van der Waals surface area contributed by atoms with E-state index in [0.29, 0.717) is 0 Å². The molecular weight excluding hydrogens is 283 g/mol. The zero-order valence-corrected chi connectivity index (χ0v) is 13.2. The Bertz CT molecular complexity index is 520. The number of benzene rings is 1. The van der Waals surface area contributed by atoms with Crippen LogP contribution in [0.5, 0.6) is 0 Å². The van der Waals surface area contributed by atoms with Crippen LogP contribution in [0.3, 0.4) is 0 Å². The molecule has 1 heteroatoms. The predicted molar refractivity (Wildman–Crippen MR) is 70.1 cm³/mol. The quantitative estimate of drug-likeness (QED) is 0.728. The van der Waals surface area contributed by atoms with E-state index >= 15 is 0 Å². The molecule has 2 aromatic carbocycles. The molecule has 0 nitrogen and oxygen atoms in total. The molecule has 0 unspecified atom stereocenters. The van der Waals surface area contributed by atoms with Crippen LogP contribution in [0.25, 0.3) is 10.8 Å². The summed E-state index contributed by atoms with van der Waals surface area (Å²) in [7, 11) is 0. The zero-order valence-electron chi connectivity index (χ0n) is 10.7. The monoisotopic (exact) mass is 301 g/mol. The molecule has 0 amide bonds. The van der Waals surface area contributed by atoms with Crippen LogP contribution >= 0.6 is 0 Å². The first-order valence-corrected chi connectivity index (χ1v) is 6.44. The van der Waals surface area contributed by atoms with Gasteiger partial charge in [-0.2, -0.15) is 6.07 Å². The van der Waals surface area contributed by atoms with Crippen molar-refractivity contribution in [3.8, 4) is 0 Å². The maximum absolute atomic E-state index is 2.45. The largest absolute Gasteiger partial charge is 0.168 e. The second-order valence-corrected chi connectivity index (χ2v) is 5.52. The van der Waals surface area contributed by atoms with E-state index < -0.39 is 0 Å². The van der Waals surface area contributed by atoms with Crippen molar-refractivity contribution < 1.29 is 26.2 Å². The van der Waals surface area contributed by atoms with Gasteiger partial charge in [0.1, 0.15) is 0 Å². The number of aryl methyl sites for hydroxylation is 2. The van der Waals surface area contributed by atoms with Gasteiger partial charge in [0.15, 0.2) is 0 Å². The average molecular weight is 303 g/mol. The Morgan fingerprint density at radius 1 is 1.18 bits per heavy atom. The Morgan fingerprint density at radius 3 is 2.59 bits per heavy atom. The molecule has 0 N–H and O–H groups in total. The molecule has 0 aromatic heterocycles. The second-order valence-electron chi connectivity index (χ2n) is 5.52. The van der Waals surface area contributed by atoms with E-state index in [1.54, 1.807) is 16.7 Å². The number of hydrogen-bond donors (Lipinski definition) is 0. The molecule has 2 aromatic rings. The first-order valence-electron chi connectivity index (χ1n) is 6.44. The maximum Gasteiger partial charge on any atom is 0 e. The van der Waals surface area contributed by atoms with Crippen LogP contribution in [0.15, 0.2) is 24.3 Å². The molecule has 0 saturated carbocycles. The van der Waals surface area contributed by atoms with Crippen LogP contribution in [-0.4, -0.2) is 0 Å². The van der Waals surface area contributed by atoms with Crippen molar-refractivity contribution in [3.05, 3.63) is 41.0 Å². The molecule has 0 aliphatic heterocycles. The molecule has 1 aliphatic carbocycles. The molecular formula is C16H19Zr-. The van der Waals surface area contributed by atoms with Crippen molar-refractivity contribution in [3.63, 3.8) is 0 Å². The van der Waals surface area contributed by atoms with E-state index in [0.717, 1.165) is 5.92 Å². The molecule has 88 valence electrons. The van der Waals surface area contributed by atoms with Crippen LogP contribution in [0, 0.1) is 5.92 Å². The Labute approximate surface area is 123 Å². The van der Waals surface area contributed by atoms with Gasteiger partial charge < -0.3 is 0 Å². The van der Waals surface area contributed by atoms with Gasteiger partial charge >= 0.3 is 0 Å². The molecule has 0 fully saturated rings. The molecule has 0 saturated heterocycles. The number of fused-ring (bicyclic) bond motifs is 2. The van der Waals surface area contributed by atoms with Gasteiger partial charge in [-0.3, -0.25) is 0 Å². The van der Waals surface area contributed by atoms with E-state index in [4.69, 9.17) is 0 Å². The topological polar surface area (TPSA) is 0 Å². The van der Waals surface area contributed by atoms with Gasteiger partial charge in [0.05, 0.1) is 0 Å². The van der Waals surface area contributed by atoms with E-state index in [1.807, 2.05) is 0 Å². The van der Waals surface area contributed by atoms with Crippen molar-refractivity contribution in [2.45, 2.75) is 39.5 Å². The van der Waals surface area contributed by atoms with Gasteiger partial charge in [0, 0.05) is 26.2 Å². The van der Waals surface area contributed by atoms with Gasteiger partial charge in [-0.05, 0) is 19.3 Å². The molecule has 0 heterocycles. The first-order chi connectivity index (χ1) is 7.74. The molecule has 1 aliphatic rings. The molecule has 3 rings (SSSR count). The maximum atomic E-state index is 2.45. The van der Waals surface area contributed by atoms with Crippen LogP contribution in [0.1, 0.15) is 37.0 Å². The minimum atomic E-state index is 0. The van der Waals surface area contributed by atoms with E-state index in [2.05, 4.69) is 38.1 Å². The van der Waals surface area contributed by atoms with Crippen molar-refractivity contribution in [2.75, 3.05) is 0 Å². The fraction of sp³-hybridized carbons (Fsp3) is 0.438. The Balaban J connectivity index is 0.00000108. The van der Waals surface area contributed by atoms with Gasteiger partial charge in [-0.15, -0.1) is 34.5 Å². The fourth-order valence-corrected chi connectivity index (χ4v) is 2.96. The van der Waals surface area contributed by atoms with Crippen LogP contribution in [-0.2, 0) is 45.5 Å². The summed E-state index contributed by atoms with van der Waals surface area (Å²) in [4.78, 5) is 0. The number of hydrogen-bond acceptors (Lipinski definition) is 0. The summed E-state index contributed by atoms with van der Waals surface area (Å²) in [5.41, 5.74) is 4.73. The first kappa shape index (κ1) is 13.2. The standard InChI is InChI=1S/C16H19.Zr/c1-11(2)8-14-6-7-15-9-12-4-3-5-13(12)10-16(14)15;/h6-7,9-11H,3-5,8H2,1-2H3;/q-1;. The summed E-state index contributed by atoms with van der Waals surface area (Å²) < 4.78 is 0. The summed E-state index contributed by atoms with van der Waals surface area (Å²) in [6.07, 6.45) is 5.14.